The largest absolute Gasteiger partial charge is 0.416 e. The molecule has 0 aromatic heterocycles. The molecule has 0 amide bonds. The number of halogens is 3. The molecule has 1 aliphatic carbocycles. The summed E-state index contributed by atoms with van der Waals surface area (Å²) >= 11 is 0. The Bertz CT molecular complexity index is 450. The van der Waals surface area contributed by atoms with Crippen molar-refractivity contribution in [2.75, 3.05) is 14.2 Å². The van der Waals surface area contributed by atoms with Crippen LogP contribution >= 0.6 is 0 Å². The SMILES string of the molecule is CNC(Cc1ccc(C(F)(F)F)cc1)C1(OC)CCCC1. The van der Waals surface area contributed by atoms with Crippen molar-refractivity contribution in [3.8, 4) is 0 Å². The average molecular weight is 301 g/mol. The summed E-state index contributed by atoms with van der Waals surface area (Å²) in [5.74, 6) is 0. The highest BCUT2D eigenvalue weighted by Gasteiger charge is 2.40. The number of alkyl halides is 3. The Morgan fingerprint density at radius 1 is 1.19 bits per heavy atom. The van der Waals surface area contributed by atoms with Gasteiger partial charge in [0.2, 0.25) is 0 Å². The molecule has 1 aliphatic rings. The highest BCUT2D eigenvalue weighted by molar-refractivity contribution is 5.25. The van der Waals surface area contributed by atoms with Gasteiger partial charge in [-0.2, -0.15) is 13.2 Å². The monoisotopic (exact) mass is 301 g/mol. The van der Waals surface area contributed by atoms with Crippen LogP contribution in [0.25, 0.3) is 0 Å². The maximum absolute atomic E-state index is 12.6. The molecule has 1 fully saturated rings. The minimum absolute atomic E-state index is 0.113. The molecule has 0 radical (unpaired) electrons. The van der Waals surface area contributed by atoms with Crippen molar-refractivity contribution in [2.45, 2.75) is 49.9 Å². The van der Waals surface area contributed by atoms with Crippen molar-refractivity contribution in [3.63, 3.8) is 0 Å². The fraction of sp³-hybridized carbons (Fsp3) is 0.625. The predicted octanol–water partition coefficient (Wildman–Crippen LogP) is 3.80. The van der Waals surface area contributed by atoms with Gasteiger partial charge in [-0.25, -0.2) is 0 Å². The Kier molecular flexibility index (Phi) is 4.94. The lowest BCUT2D eigenvalue weighted by molar-refractivity contribution is -0.137. The zero-order valence-electron chi connectivity index (χ0n) is 12.5. The van der Waals surface area contributed by atoms with Crippen molar-refractivity contribution >= 4 is 0 Å². The van der Waals surface area contributed by atoms with E-state index < -0.39 is 11.7 Å². The van der Waals surface area contributed by atoms with Gasteiger partial charge in [-0.05, 0) is 44.0 Å². The fourth-order valence-electron chi connectivity index (χ4n) is 3.28. The number of methoxy groups -OCH3 is 1. The van der Waals surface area contributed by atoms with Gasteiger partial charge in [0, 0.05) is 13.2 Å². The van der Waals surface area contributed by atoms with Crippen LogP contribution in [0.15, 0.2) is 24.3 Å². The van der Waals surface area contributed by atoms with Gasteiger partial charge in [-0.15, -0.1) is 0 Å². The first-order chi connectivity index (χ1) is 9.91. The first-order valence-electron chi connectivity index (χ1n) is 7.30. The molecule has 2 nitrogen and oxygen atoms in total. The Hall–Kier alpha value is -1.07. The number of ether oxygens (including phenoxy) is 1. The molecular weight excluding hydrogens is 279 g/mol. The first-order valence-corrected chi connectivity index (χ1v) is 7.30. The van der Waals surface area contributed by atoms with Crippen LogP contribution in [0.2, 0.25) is 0 Å². The molecule has 1 aromatic rings. The van der Waals surface area contributed by atoms with Crippen molar-refractivity contribution in [1.82, 2.24) is 5.32 Å². The van der Waals surface area contributed by atoms with Crippen LogP contribution in [0.5, 0.6) is 0 Å². The van der Waals surface area contributed by atoms with Crippen molar-refractivity contribution in [2.24, 2.45) is 0 Å². The quantitative estimate of drug-likeness (QED) is 0.893. The van der Waals surface area contributed by atoms with Crippen molar-refractivity contribution < 1.29 is 17.9 Å². The van der Waals surface area contributed by atoms with E-state index in [4.69, 9.17) is 4.74 Å². The van der Waals surface area contributed by atoms with Crippen LogP contribution < -0.4 is 5.32 Å². The molecule has 1 unspecified atom stereocenters. The zero-order valence-corrected chi connectivity index (χ0v) is 12.5. The van der Waals surface area contributed by atoms with Crippen LogP contribution in [-0.4, -0.2) is 25.8 Å². The van der Waals surface area contributed by atoms with E-state index in [9.17, 15) is 13.2 Å². The van der Waals surface area contributed by atoms with Crippen molar-refractivity contribution in [3.05, 3.63) is 35.4 Å². The third-order valence-electron chi connectivity index (χ3n) is 4.56. The Balaban J connectivity index is 2.12. The third kappa shape index (κ3) is 3.58. The zero-order chi connectivity index (χ0) is 15.5. The molecule has 2 rings (SSSR count). The van der Waals surface area contributed by atoms with Crippen molar-refractivity contribution in [1.29, 1.82) is 0 Å². The van der Waals surface area contributed by atoms with Gasteiger partial charge >= 0.3 is 6.18 Å². The first kappa shape index (κ1) is 16.3. The molecule has 1 aromatic carbocycles. The smallest absolute Gasteiger partial charge is 0.377 e. The van der Waals surface area contributed by atoms with Gasteiger partial charge in [0.25, 0.3) is 0 Å². The second kappa shape index (κ2) is 6.36. The summed E-state index contributed by atoms with van der Waals surface area (Å²) in [6, 6.07) is 5.53. The lowest BCUT2D eigenvalue weighted by Gasteiger charge is -2.36. The molecule has 21 heavy (non-hydrogen) atoms. The molecular formula is C16H22F3NO. The Labute approximate surface area is 123 Å². The second-order valence-electron chi connectivity index (χ2n) is 5.72. The van der Waals surface area contributed by atoms with Gasteiger partial charge in [0.1, 0.15) is 0 Å². The number of rotatable bonds is 5. The van der Waals surface area contributed by atoms with Gasteiger partial charge in [-0.1, -0.05) is 25.0 Å². The van der Waals surface area contributed by atoms with E-state index in [2.05, 4.69) is 5.32 Å². The van der Waals surface area contributed by atoms with E-state index in [0.717, 1.165) is 43.4 Å². The topological polar surface area (TPSA) is 21.3 Å². The number of hydrogen-bond donors (Lipinski definition) is 1. The third-order valence-corrected chi connectivity index (χ3v) is 4.56. The molecule has 0 bridgehead atoms. The summed E-state index contributed by atoms with van der Waals surface area (Å²) in [5.41, 5.74) is 0.0949. The molecule has 1 saturated carbocycles. The van der Waals surface area contributed by atoms with Crippen LogP contribution in [0.1, 0.15) is 36.8 Å². The molecule has 118 valence electrons. The second-order valence-corrected chi connectivity index (χ2v) is 5.72. The van der Waals surface area contributed by atoms with E-state index in [1.165, 1.54) is 0 Å². The summed E-state index contributed by atoms with van der Waals surface area (Å²) in [4.78, 5) is 0. The average Bonchev–Trinajstić information content (AvgIpc) is 2.94. The highest BCUT2D eigenvalue weighted by atomic mass is 19.4. The molecule has 1 atom stereocenters. The molecule has 0 spiro atoms. The van der Waals surface area contributed by atoms with E-state index in [-0.39, 0.29) is 11.6 Å². The predicted molar refractivity (Wildman–Crippen MR) is 76.2 cm³/mol. The maximum Gasteiger partial charge on any atom is 0.416 e. The Morgan fingerprint density at radius 3 is 2.19 bits per heavy atom. The lowest BCUT2D eigenvalue weighted by atomic mass is 9.87. The van der Waals surface area contributed by atoms with Crippen LogP contribution in [0, 0.1) is 0 Å². The number of hydrogen-bond acceptors (Lipinski definition) is 2. The van der Waals surface area contributed by atoms with Gasteiger partial charge in [0.15, 0.2) is 0 Å². The molecule has 0 saturated heterocycles. The summed E-state index contributed by atoms with van der Waals surface area (Å²) in [6.45, 7) is 0. The van der Waals surface area contributed by atoms with Crippen LogP contribution in [-0.2, 0) is 17.3 Å². The van der Waals surface area contributed by atoms with Crippen LogP contribution in [0.3, 0.4) is 0 Å². The minimum Gasteiger partial charge on any atom is -0.377 e. The lowest BCUT2D eigenvalue weighted by Crippen LogP contribution is -2.50. The van der Waals surface area contributed by atoms with Gasteiger partial charge < -0.3 is 10.1 Å². The van der Waals surface area contributed by atoms with E-state index in [1.807, 2.05) is 7.05 Å². The van der Waals surface area contributed by atoms with Crippen LogP contribution in [0.4, 0.5) is 13.2 Å². The molecule has 0 heterocycles. The summed E-state index contributed by atoms with van der Waals surface area (Å²) in [6.07, 6.45) is 0.659. The Morgan fingerprint density at radius 2 is 1.76 bits per heavy atom. The molecule has 5 heteroatoms. The fourth-order valence-corrected chi connectivity index (χ4v) is 3.28. The maximum atomic E-state index is 12.6. The number of nitrogens with one attached hydrogen (secondary N) is 1. The van der Waals surface area contributed by atoms with E-state index in [0.29, 0.717) is 6.42 Å². The molecule has 1 N–H and O–H groups in total. The normalized spacial score (nSPS) is 19.7. The number of likely N-dealkylation sites (N-methyl/N-ethyl adjacent to an activating group) is 1. The van der Waals surface area contributed by atoms with E-state index in [1.54, 1.807) is 19.2 Å². The molecule has 0 aliphatic heterocycles. The minimum atomic E-state index is -4.28. The number of benzene rings is 1. The standard InChI is InChI=1S/C16H22F3NO/c1-20-14(15(21-2)9-3-4-10-15)11-12-5-7-13(8-6-12)16(17,18)19/h5-8,14,20H,3-4,9-11H2,1-2H3. The van der Waals surface area contributed by atoms with Gasteiger partial charge in [0.05, 0.1) is 11.2 Å². The summed E-state index contributed by atoms with van der Waals surface area (Å²) in [7, 11) is 3.61. The highest BCUT2D eigenvalue weighted by Crippen LogP contribution is 2.37. The summed E-state index contributed by atoms with van der Waals surface area (Å²) in [5, 5.41) is 3.28. The van der Waals surface area contributed by atoms with E-state index >= 15 is 0 Å². The van der Waals surface area contributed by atoms with Gasteiger partial charge in [-0.3, -0.25) is 0 Å². The summed E-state index contributed by atoms with van der Waals surface area (Å²) < 4.78 is 43.5.